The number of carbonyl (C=O) groups is 3. The molecular formula is C18H15ClN2O5S. The van der Waals surface area contributed by atoms with Crippen molar-refractivity contribution in [3.63, 3.8) is 0 Å². The lowest BCUT2D eigenvalue weighted by Gasteiger charge is -2.14. The van der Waals surface area contributed by atoms with Gasteiger partial charge in [-0.25, -0.2) is 4.90 Å². The van der Waals surface area contributed by atoms with Crippen molar-refractivity contribution in [3.05, 3.63) is 47.5 Å². The number of halogens is 1. The van der Waals surface area contributed by atoms with Crippen LogP contribution in [0.5, 0.6) is 11.5 Å². The summed E-state index contributed by atoms with van der Waals surface area (Å²) in [6, 6.07) is 10.7. The van der Waals surface area contributed by atoms with Crippen molar-refractivity contribution >= 4 is 51.8 Å². The summed E-state index contributed by atoms with van der Waals surface area (Å²) in [6.45, 7) is 0. The number of ether oxygens (including phenoxy) is 1. The smallest absolute Gasteiger partial charge is 0.293 e. The number of benzene rings is 2. The molecule has 0 bridgehead atoms. The third-order valence-electron chi connectivity index (χ3n) is 3.86. The molecule has 27 heavy (non-hydrogen) atoms. The molecule has 1 saturated heterocycles. The van der Waals surface area contributed by atoms with E-state index in [-0.39, 0.29) is 17.9 Å². The quantitative estimate of drug-likeness (QED) is 0.736. The summed E-state index contributed by atoms with van der Waals surface area (Å²) in [5.41, 5.74) is 0.551. The predicted octanol–water partition coefficient (Wildman–Crippen LogP) is 3.65. The Kier molecular flexibility index (Phi) is 5.57. The van der Waals surface area contributed by atoms with Crippen LogP contribution < -0.4 is 15.0 Å². The number of amides is 3. The Balaban J connectivity index is 1.69. The first-order valence-corrected chi connectivity index (χ1v) is 9.12. The highest BCUT2D eigenvalue weighted by molar-refractivity contribution is 8.15. The van der Waals surface area contributed by atoms with Gasteiger partial charge in [-0.1, -0.05) is 11.6 Å². The van der Waals surface area contributed by atoms with Crippen LogP contribution in [0.3, 0.4) is 0 Å². The van der Waals surface area contributed by atoms with Crippen LogP contribution in [0.25, 0.3) is 0 Å². The van der Waals surface area contributed by atoms with Gasteiger partial charge in [-0.3, -0.25) is 14.4 Å². The molecule has 0 aliphatic carbocycles. The van der Waals surface area contributed by atoms with E-state index in [1.165, 1.54) is 25.3 Å². The molecule has 3 amide bonds. The number of nitrogens with zero attached hydrogens (tertiary/aromatic N) is 1. The molecule has 140 valence electrons. The van der Waals surface area contributed by atoms with Crippen LogP contribution >= 0.6 is 23.4 Å². The molecular weight excluding hydrogens is 392 g/mol. The van der Waals surface area contributed by atoms with Crippen LogP contribution in [0.15, 0.2) is 42.5 Å². The van der Waals surface area contributed by atoms with Crippen molar-refractivity contribution in [2.24, 2.45) is 0 Å². The Bertz CT molecular complexity index is 903. The largest absolute Gasteiger partial charge is 0.506 e. The van der Waals surface area contributed by atoms with Crippen molar-refractivity contribution in [1.29, 1.82) is 0 Å². The van der Waals surface area contributed by atoms with Gasteiger partial charge in [-0.05, 0) is 54.2 Å². The van der Waals surface area contributed by atoms with Crippen molar-refractivity contribution in [2.75, 3.05) is 17.3 Å². The number of hydrogen-bond acceptors (Lipinski definition) is 6. The average Bonchev–Trinajstić information content (AvgIpc) is 2.91. The standard InChI is InChI=1S/C18H15ClN2O5S/c1-26-12-5-3-11(4-6-12)21-17(24)15(27-18(21)25)9-16(23)20-13-8-10(19)2-7-14(13)22/h2-8,15,22H,9H2,1H3,(H,20,23). The molecule has 1 aliphatic heterocycles. The fourth-order valence-corrected chi connectivity index (χ4v) is 3.69. The molecule has 2 aromatic carbocycles. The Hall–Kier alpha value is -2.71. The number of imide groups is 1. The second-order valence-corrected chi connectivity index (χ2v) is 7.25. The van der Waals surface area contributed by atoms with E-state index in [1.54, 1.807) is 24.3 Å². The van der Waals surface area contributed by atoms with Gasteiger partial charge in [0.2, 0.25) is 11.8 Å². The van der Waals surface area contributed by atoms with Crippen molar-refractivity contribution < 1.29 is 24.2 Å². The van der Waals surface area contributed by atoms with Gasteiger partial charge in [0.05, 0.1) is 18.5 Å². The summed E-state index contributed by atoms with van der Waals surface area (Å²) in [4.78, 5) is 38.1. The number of nitrogens with one attached hydrogen (secondary N) is 1. The van der Waals surface area contributed by atoms with Gasteiger partial charge in [0.15, 0.2) is 0 Å². The molecule has 0 saturated carbocycles. The molecule has 0 spiro atoms. The van der Waals surface area contributed by atoms with Crippen molar-refractivity contribution in [1.82, 2.24) is 0 Å². The minimum absolute atomic E-state index is 0.140. The molecule has 3 rings (SSSR count). The lowest BCUT2D eigenvalue weighted by Crippen LogP contribution is -2.32. The number of anilines is 2. The highest BCUT2D eigenvalue weighted by Gasteiger charge is 2.41. The second kappa shape index (κ2) is 7.89. The second-order valence-electron chi connectivity index (χ2n) is 5.66. The van der Waals surface area contributed by atoms with Crippen LogP contribution in [0.4, 0.5) is 16.2 Å². The van der Waals surface area contributed by atoms with E-state index in [4.69, 9.17) is 16.3 Å². The van der Waals surface area contributed by atoms with E-state index in [9.17, 15) is 19.5 Å². The maximum Gasteiger partial charge on any atom is 0.293 e. The van der Waals surface area contributed by atoms with E-state index < -0.39 is 22.3 Å². The number of thioether (sulfide) groups is 1. The third-order valence-corrected chi connectivity index (χ3v) is 5.13. The van der Waals surface area contributed by atoms with Crippen molar-refractivity contribution in [2.45, 2.75) is 11.7 Å². The topological polar surface area (TPSA) is 95.9 Å². The molecule has 9 heteroatoms. The van der Waals surface area contributed by atoms with E-state index >= 15 is 0 Å². The Morgan fingerprint density at radius 3 is 2.63 bits per heavy atom. The Morgan fingerprint density at radius 2 is 1.96 bits per heavy atom. The number of phenolic OH excluding ortho intramolecular Hbond substituents is 1. The molecule has 1 aliphatic rings. The maximum atomic E-state index is 12.6. The summed E-state index contributed by atoms with van der Waals surface area (Å²) in [5, 5.41) is 11.3. The number of rotatable bonds is 5. The van der Waals surface area contributed by atoms with E-state index in [0.29, 0.717) is 16.5 Å². The first-order chi connectivity index (χ1) is 12.9. The van der Waals surface area contributed by atoms with Gasteiger partial charge in [0.1, 0.15) is 16.7 Å². The molecule has 1 unspecified atom stereocenters. The number of aromatic hydroxyl groups is 1. The highest BCUT2D eigenvalue weighted by Crippen LogP contribution is 2.34. The molecule has 1 atom stereocenters. The summed E-state index contributed by atoms with van der Waals surface area (Å²) < 4.78 is 5.06. The Morgan fingerprint density at radius 1 is 1.26 bits per heavy atom. The minimum atomic E-state index is -0.846. The molecule has 2 aromatic rings. The van der Waals surface area contributed by atoms with Crippen LogP contribution in [0, 0.1) is 0 Å². The van der Waals surface area contributed by atoms with Gasteiger partial charge in [-0.15, -0.1) is 0 Å². The number of methoxy groups -OCH3 is 1. The van der Waals surface area contributed by atoms with E-state index in [1.807, 2.05) is 0 Å². The lowest BCUT2D eigenvalue weighted by molar-refractivity contribution is -0.121. The van der Waals surface area contributed by atoms with Gasteiger partial charge >= 0.3 is 0 Å². The van der Waals surface area contributed by atoms with Crippen LogP contribution in [-0.2, 0) is 9.59 Å². The number of carbonyl (C=O) groups excluding carboxylic acids is 3. The van der Waals surface area contributed by atoms with Crippen LogP contribution in [-0.4, -0.2) is 34.5 Å². The number of phenols is 1. The van der Waals surface area contributed by atoms with Gasteiger partial charge < -0.3 is 15.2 Å². The van der Waals surface area contributed by atoms with E-state index in [2.05, 4.69) is 5.32 Å². The summed E-state index contributed by atoms with van der Waals surface area (Å²) in [5.74, 6) is -0.528. The molecule has 2 N–H and O–H groups in total. The highest BCUT2D eigenvalue weighted by atomic mass is 35.5. The molecule has 7 nitrogen and oxygen atoms in total. The van der Waals surface area contributed by atoms with Gasteiger partial charge in [0.25, 0.3) is 5.24 Å². The SMILES string of the molecule is COc1ccc(N2C(=O)SC(CC(=O)Nc3cc(Cl)ccc3O)C2=O)cc1. The number of hydrogen-bond donors (Lipinski definition) is 2. The first kappa shape index (κ1) is 19.1. The van der Waals surface area contributed by atoms with E-state index in [0.717, 1.165) is 16.7 Å². The average molecular weight is 407 g/mol. The molecule has 0 radical (unpaired) electrons. The van der Waals surface area contributed by atoms with Crippen molar-refractivity contribution in [3.8, 4) is 11.5 Å². The van der Waals surface area contributed by atoms with Gasteiger partial charge in [-0.2, -0.15) is 0 Å². The first-order valence-electron chi connectivity index (χ1n) is 7.86. The third kappa shape index (κ3) is 4.17. The normalized spacial score (nSPS) is 16.5. The monoisotopic (exact) mass is 406 g/mol. The summed E-state index contributed by atoms with van der Waals surface area (Å²) in [6.07, 6.45) is -0.214. The fraction of sp³-hybridized carbons (Fsp3) is 0.167. The summed E-state index contributed by atoms with van der Waals surface area (Å²) >= 11 is 6.63. The lowest BCUT2D eigenvalue weighted by atomic mass is 10.2. The maximum absolute atomic E-state index is 12.6. The molecule has 1 heterocycles. The zero-order valence-corrected chi connectivity index (χ0v) is 15.7. The summed E-state index contributed by atoms with van der Waals surface area (Å²) in [7, 11) is 1.52. The van der Waals surface area contributed by atoms with Crippen LogP contribution in [0.1, 0.15) is 6.42 Å². The predicted molar refractivity (Wildman–Crippen MR) is 104 cm³/mol. The Labute approximate surface area is 164 Å². The van der Waals surface area contributed by atoms with Crippen LogP contribution in [0.2, 0.25) is 5.02 Å². The molecule has 1 fully saturated rings. The zero-order valence-electron chi connectivity index (χ0n) is 14.1. The fourth-order valence-electron chi connectivity index (χ4n) is 2.53. The minimum Gasteiger partial charge on any atom is -0.506 e. The zero-order chi connectivity index (χ0) is 19.6. The molecule has 0 aromatic heterocycles. The van der Waals surface area contributed by atoms with Gasteiger partial charge in [0, 0.05) is 11.4 Å².